The molecule has 114 valence electrons. The van der Waals surface area contributed by atoms with Gasteiger partial charge >= 0.3 is 0 Å². The number of nitrogens with one attached hydrogen (secondary N) is 1. The van der Waals surface area contributed by atoms with Gasteiger partial charge in [0.05, 0.1) is 12.7 Å². The summed E-state index contributed by atoms with van der Waals surface area (Å²) in [6, 6.07) is 5.10. The van der Waals surface area contributed by atoms with Crippen molar-refractivity contribution in [3.05, 3.63) is 29.6 Å². The summed E-state index contributed by atoms with van der Waals surface area (Å²) in [7, 11) is 0. The molecule has 1 N–H and O–H groups in total. The molecule has 1 aromatic rings. The predicted molar refractivity (Wildman–Crippen MR) is 79.7 cm³/mol. The van der Waals surface area contributed by atoms with Crippen LogP contribution in [0.5, 0.6) is 5.75 Å². The second-order valence-electron chi connectivity index (χ2n) is 5.10. The second-order valence-corrected chi connectivity index (χ2v) is 5.10. The van der Waals surface area contributed by atoms with Crippen molar-refractivity contribution in [1.82, 2.24) is 5.32 Å². The highest BCUT2D eigenvalue weighted by Crippen LogP contribution is 2.28. The smallest absolute Gasteiger partial charge is 0.165 e. The fourth-order valence-corrected chi connectivity index (χ4v) is 1.92. The monoisotopic (exact) mass is 283 g/mol. The van der Waals surface area contributed by atoms with Crippen molar-refractivity contribution in [2.45, 2.75) is 46.3 Å². The quantitative estimate of drug-likeness (QED) is 0.701. The summed E-state index contributed by atoms with van der Waals surface area (Å²) < 4.78 is 24.9. The lowest BCUT2D eigenvalue weighted by Crippen LogP contribution is -2.21. The molecule has 0 amide bonds. The first kappa shape index (κ1) is 16.9. The van der Waals surface area contributed by atoms with Gasteiger partial charge in [-0.25, -0.2) is 4.39 Å². The third-order valence-electron chi connectivity index (χ3n) is 2.95. The lowest BCUT2D eigenvalue weighted by atomic mass is 10.1. The van der Waals surface area contributed by atoms with E-state index in [-0.39, 0.29) is 18.0 Å². The van der Waals surface area contributed by atoms with E-state index in [2.05, 4.69) is 12.2 Å². The van der Waals surface area contributed by atoms with Crippen LogP contribution in [-0.4, -0.2) is 25.9 Å². The van der Waals surface area contributed by atoms with Crippen LogP contribution in [0, 0.1) is 5.82 Å². The van der Waals surface area contributed by atoms with Crippen LogP contribution < -0.4 is 10.1 Å². The Labute approximate surface area is 121 Å². The average Bonchev–Trinajstić information content (AvgIpc) is 2.41. The number of para-hydroxylation sites is 1. The summed E-state index contributed by atoms with van der Waals surface area (Å²) in [5, 5.41) is 3.35. The Hall–Kier alpha value is -1.13. The molecule has 20 heavy (non-hydrogen) atoms. The minimum Gasteiger partial charge on any atom is -0.488 e. The first-order valence-electron chi connectivity index (χ1n) is 7.32. The van der Waals surface area contributed by atoms with Crippen molar-refractivity contribution in [2.75, 3.05) is 19.8 Å². The Kier molecular flexibility index (Phi) is 7.55. The van der Waals surface area contributed by atoms with Crippen molar-refractivity contribution in [1.29, 1.82) is 0 Å². The van der Waals surface area contributed by atoms with Crippen molar-refractivity contribution in [2.24, 2.45) is 0 Å². The Balaban J connectivity index is 2.67. The van der Waals surface area contributed by atoms with E-state index in [0.717, 1.165) is 18.5 Å². The number of rotatable bonds is 9. The zero-order valence-corrected chi connectivity index (χ0v) is 12.9. The average molecular weight is 283 g/mol. The highest BCUT2D eigenvalue weighted by Gasteiger charge is 2.15. The van der Waals surface area contributed by atoms with Gasteiger partial charge in [-0.05, 0) is 39.8 Å². The molecule has 3 nitrogen and oxygen atoms in total. The van der Waals surface area contributed by atoms with Gasteiger partial charge in [0, 0.05) is 11.6 Å². The minimum absolute atomic E-state index is 0.0617. The van der Waals surface area contributed by atoms with Gasteiger partial charge in [-0.1, -0.05) is 19.1 Å². The van der Waals surface area contributed by atoms with Gasteiger partial charge in [0.2, 0.25) is 0 Å². The molecule has 0 spiro atoms. The van der Waals surface area contributed by atoms with Crippen LogP contribution in [0.2, 0.25) is 0 Å². The topological polar surface area (TPSA) is 30.5 Å². The van der Waals surface area contributed by atoms with E-state index >= 15 is 0 Å². The van der Waals surface area contributed by atoms with Crippen LogP contribution in [0.4, 0.5) is 4.39 Å². The first-order chi connectivity index (χ1) is 9.56. The molecule has 0 heterocycles. The lowest BCUT2D eigenvalue weighted by Gasteiger charge is -2.19. The number of hydrogen-bond donors (Lipinski definition) is 1. The number of ether oxygens (including phenoxy) is 2. The zero-order chi connectivity index (χ0) is 15.0. The summed E-state index contributed by atoms with van der Waals surface area (Å²) in [4.78, 5) is 0. The molecular formula is C16H26FNO2. The zero-order valence-electron chi connectivity index (χ0n) is 12.9. The molecule has 1 aromatic carbocycles. The van der Waals surface area contributed by atoms with Crippen molar-refractivity contribution < 1.29 is 13.9 Å². The molecule has 1 atom stereocenters. The van der Waals surface area contributed by atoms with Gasteiger partial charge in [-0.3, -0.25) is 0 Å². The van der Waals surface area contributed by atoms with E-state index in [1.807, 2.05) is 26.8 Å². The molecule has 1 unspecified atom stereocenters. The van der Waals surface area contributed by atoms with Gasteiger partial charge in [-0.2, -0.15) is 0 Å². The van der Waals surface area contributed by atoms with E-state index in [4.69, 9.17) is 9.47 Å². The molecule has 0 bridgehead atoms. The van der Waals surface area contributed by atoms with E-state index in [9.17, 15) is 4.39 Å². The molecule has 0 fully saturated rings. The SMILES string of the molecule is CCCNC(C)c1cccc(F)c1OCCOC(C)C. The summed E-state index contributed by atoms with van der Waals surface area (Å²) in [5.41, 5.74) is 0.850. The predicted octanol–water partition coefficient (Wildman–Crippen LogP) is 3.69. The Morgan fingerprint density at radius 1 is 1.20 bits per heavy atom. The summed E-state index contributed by atoms with van der Waals surface area (Å²) >= 11 is 0. The van der Waals surface area contributed by atoms with Gasteiger partial charge < -0.3 is 14.8 Å². The fraction of sp³-hybridized carbons (Fsp3) is 0.625. The molecule has 1 rings (SSSR count). The third kappa shape index (κ3) is 5.47. The third-order valence-corrected chi connectivity index (χ3v) is 2.95. The highest BCUT2D eigenvalue weighted by atomic mass is 19.1. The van der Waals surface area contributed by atoms with E-state index in [0.29, 0.717) is 19.0 Å². The van der Waals surface area contributed by atoms with E-state index in [1.54, 1.807) is 6.07 Å². The van der Waals surface area contributed by atoms with Gasteiger partial charge in [0.1, 0.15) is 6.61 Å². The fourth-order valence-electron chi connectivity index (χ4n) is 1.92. The molecule has 0 aliphatic rings. The Bertz CT molecular complexity index is 396. The minimum atomic E-state index is -0.322. The van der Waals surface area contributed by atoms with Gasteiger partial charge in [-0.15, -0.1) is 0 Å². The molecular weight excluding hydrogens is 257 g/mol. The number of hydrogen-bond acceptors (Lipinski definition) is 3. The maximum Gasteiger partial charge on any atom is 0.165 e. The van der Waals surface area contributed by atoms with Crippen LogP contribution in [0.3, 0.4) is 0 Å². The van der Waals surface area contributed by atoms with Gasteiger partial charge in [0.25, 0.3) is 0 Å². The second kappa shape index (κ2) is 8.93. The summed E-state index contributed by atoms with van der Waals surface area (Å²) in [6.45, 7) is 9.76. The summed E-state index contributed by atoms with van der Waals surface area (Å²) in [5.74, 6) is 0.00755. The Morgan fingerprint density at radius 3 is 2.60 bits per heavy atom. The van der Waals surface area contributed by atoms with Gasteiger partial charge in [0.15, 0.2) is 11.6 Å². The van der Waals surface area contributed by atoms with Crippen molar-refractivity contribution in [3.63, 3.8) is 0 Å². The van der Waals surface area contributed by atoms with E-state index in [1.165, 1.54) is 6.07 Å². The largest absolute Gasteiger partial charge is 0.488 e. The normalized spacial score (nSPS) is 12.7. The highest BCUT2D eigenvalue weighted by molar-refractivity contribution is 5.37. The van der Waals surface area contributed by atoms with Crippen LogP contribution in [0.25, 0.3) is 0 Å². The number of halogens is 1. The maximum absolute atomic E-state index is 13.9. The summed E-state index contributed by atoms with van der Waals surface area (Å²) in [6.07, 6.45) is 1.20. The number of benzene rings is 1. The molecule has 0 radical (unpaired) electrons. The van der Waals surface area contributed by atoms with Crippen LogP contribution >= 0.6 is 0 Å². The van der Waals surface area contributed by atoms with Crippen molar-refractivity contribution in [3.8, 4) is 5.75 Å². The van der Waals surface area contributed by atoms with E-state index < -0.39 is 0 Å². The molecule has 0 aliphatic heterocycles. The van der Waals surface area contributed by atoms with Crippen LogP contribution in [0.15, 0.2) is 18.2 Å². The molecule has 0 aliphatic carbocycles. The maximum atomic E-state index is 13.9. The molecule has 0 saturated carbocycles. The first-order valence-corrected chi connectivity index (χ1v) is 7.32. The lowest BCUT2D eigenvalue weighted by molar-refractivity contribution is 0.0541. The van der Waals surface area contributed by atoms with Crippen LogP contribution in [-0.2, 0) is 4.74 Å². The standard InChI is InChI=1S/C16H26FNO2/c1-5-9-18-13(4)14-7-6-8-15(17)16(14)20-11-10-19-12(2)3/h6-8,12-13,18H,5,9-11H2,1-4H3. The van der Waals surface area contributed by atoms with Crippen LogP contribution in [0.1, 0.15) is 45.7 Å². The van der Waals surface area contributed by atoms with Crippen molar-refractivity contribution >= 4 is 0 Å². The molecule has 4 heteroatoms. The molecule has 0 saturated heterocycles. The Morgan fingerprint density at radius 2 is 1.95 bits per heavy atom. The molecule has 0 aromatic heterocycles.